The Balaban J connectivity index is 1.21. The van der Waals surface area contributed by atoms with Crippen molar-refractivity contribution in [3.05, 3.63) is 129 Å². The van der Waals surface area contributed by atoms with E-state index in [1.165, 1.54) is 16.8 Å². The second kappa shape index (κ2) is 14.7. The van der Waals surface area contributed by atoms with E-state index in [0.717, 1.165) is 17.0 Å². The lowest BCUT2D eigenvalue weighted by atomic mass is 9.82. The predicted octanol–water partition coefficient (Wildman–Crippen LogP) is 5.44. The number of hydrogen-bond acceptors (Lipinski definition) is 9. The van der Waals surface area contributed by atoms with Gasteiger partial charge in [-0.25, -0.2) is 0 Å². The molecular weight excluding hydrogens is 743 g/mol. The van der Waals surface area contributed by atoms with Gasteiger partial charge in [0.1, 0.15) is 5.75 Å². The quantitative estimate of drug-likeness (QED) is 0.111. The fourth-order valence-corrected chi connectivity index (χ4v) is 13.7. The van der Waals surface area contributed by atoms with Crippen LogP contribution in [0.3, 0.4) is 0 Å². The number of hydrogen-bond donors (Lipinski definition) is 1. The Labute approximate surface area is 330 Å². The maximum Gasteiger partial charge on any atom is 0.279 e. The molecule has 8 rings (SSSR count). The number of fused-ring (bicyclic) bond motifs is 3. The van der Waals surface area contributed by atoms with Crippen molar-refractivity contribution in [3.63, 3.8) is 0 Å². The van der Waals surface area contributed by atoms with Gasteiger partial charge in [-0.3, -0.25) is 24.5 Å². The number of nitro groups is 1. The number of likely N-dealkylation sites (tertiary alicyclic amines) is 1. The molecule has 5 atom stereocenters. The molecule has 3 aliphatic rings. The predicted molar refractivity (Wildman–Crippen MR) is 218 cm³/mol. The minimum absolute atomic E-state index is 0.00701. The lowest BCUT2D eigenvalue weighted by Gasteiger charge is -2.37. The van der Waals surface area contributed by atoms with Crippen molar-refractivity contribution in [2.45, 2.75) is 69.1 Å². The minimum Gasteiger partial charge on any atom is -0.497 e. The molecule has 1 N–H and O–H groups in total. The summed E-state index contributed by atoms with van der Waals surface area (Å²) in [5, 5.41) is 29.1. The summed E-state index contributed by atoms with van der Waals surface area (Å²) in [6.45, 7) is 6.87. The molecule has 2 amide bonds. The zero-order chi connectivity index (χ0) is 40.2. The summed E-state index contributed by atoms with van der Waals surface area (Å²) in [4.78, 5) is 58.1. The number of nitrogens with zero attached hydrogens (tertiary/aromatic N) is 5. The first-order valence-electron chi connectivity index (χ1n) is 19.3. The van der Waals surface area contributed by atoms with E-state index in [2.05, 4.69) is 18.2 Å². The molecule has 2 fully saturated rings. The molecule has 0 aliphatic carbocycles. The van der Waals surface area contributed by atoms with E-state index < -0.39 is 30.6 Å². The largest absolute Gasteiger partial charge is 0.497 e. The first-order chi connectivity index (χ1) is 27.4. The Morgan fingerprint density at radius 1 is 1.05 bits per heavy atom. The molecule has 0 bridgehead atoms. The van der Waals surface area contributed by atoms with Crippen LogP contribution in [0.1, 0.15) is 37.3 Å². The van der Waals surface area contributed by atoms with Gasteiger partial charge in [0.15, 0.2) is 5.60 Å². The molecular formula is C43H45N5O8Si. The number of non-ortho nitro benzene ring substituents is 1. The third kappa shape index (κ3) is 6.32. The van der Waals surface area contributed by atoms with Crippen LogP contribution in [0.5, 0.6) is 5.75 Å². The number of carbonyl (C=O) groups is 2. The molecule has 4 heterocycles. The highest BCUT2D eigenvalue weighted by molar-refractivity contribution is 6.91. The summed E-state index contributed by atoms with van der Waals surface area (Å²) in [7, 11) is -1.02. The molecule has 13 nitrogen and oxygen atoms in total. The number of benzene rings is 4. The van der Waals surface area contributed by atoms with Crippen molar-refractivity contribution in [2.75, 3.05) is 25.2 Å². The summed E-state index contributed by atoms with van der Waals surface area (Å²) in [6, 6.07) is 26.5. The topological polar surface area (TPSA) is 157 Å². The second-order valence-electron chi connectivity index (χ2n) is 15.9. The van der Waals surface area contributed by atoms with Crippen LogP contribution in [0, 0.1) is 16.0 Å². The number of aliphatic hydroxyl groups excluding tert-OH is 1. The number of anilines is 1. The molecule has 1 aromatic heterocycles. The average Bonchev–Trinajstić information content (AvgIpc) is 3.88. The van der Waals surface area contributed by atoms with Gasteiger partial charge in [-0.2, -0.15) is 9.78 Å². The van der Waals surface area contributed by atoms with E-state index in [-0.39, 0.29) is 54.2 Å². The lowest BCUT2D eigenvalue weighted by Crippen LogP contribution is -2.52. The highest BCUT2D eigenvalue weighted by Gasteiger charge is 2.67. The van der Waals surface area contributed by atoms with E-state index in [1.807, 2.05) is 55.5 Å². The van der Waals surface area contributed by atoms with Crippen molar-refractivity contribution in [2.24, 2.45) is 5.92 Å². The number of rotatable bonds is 10. The summed E-state index contributed by atoms with van der Waals surface area (Å²) in [6.07, 6.45) is 2.42. The first-order valence-corrected chi connectivity index (χ1v) is 22.4. The molecule has 0 radical (unpaired) electrons. The SMILES string of the molecule is COc1ccc([Si](C)(C)[C@H]2[C@H](CC(=O)N3CCC[C@H]3CO)O[C@@]3(C(=O)N(Cc4cccc(-n5ncc6ccccc6c5=O)c4)c4ccc([N+](=O)[O-])cc43)[C@@H]2C)cc1. The number of methoxy groups -OCH3 is 1. The maximum atomic E-state index is 15.4. The van der Waals surface area contributed by atoms with Crippen molar-refractivity contribution in [1.82, 2.24) is 14.7 Å². The smallest absolute Gasteiger partial charge is 0.279 e. The standard InChI is InChI=1S/C43H45N5O8Si/c1-27-40(57(3,4)34-17-15-33(55-2)16-18-34)38(23-39(50)45-20-8-12-32(45)26-49)56-43(27)36-22-31(48(53)54)14-19-37(36)46(42(43)52)25-28-9-7-11-30(21-28)47-41(51)35-13-6-5-10-29(35)24-44-47/h5-7,9-11,13-19,21-22,24,27,32,38,40,49H,8,12,20,23,25-26H2,1-4H3/t27-,32+,38+,40-,43+/m1/s1. The number of carbonyl (C=O) groups excluding carboxylic acids is 2. The van der Waals surface area contributed by atoms with Crippen molar-refractivity contribution >= 4 is 47.2 Å². The summed E-state index contributed by atoms with van der Waals surface area (Å²) in [5.41, 5.74) is -0.262. The fraction of sp³-hybridized carbons (Fsp3) is 0.349. The molecule has 57 heavy (non-hydrogen) atoms. The molecule has 0 unspecified atom stereocenters. The monoisotopic (exact) mass is 787 g/mol. The van der Waals surface area contributed by atoms with Crippen LogP contribution in [-0.2, 0) is 26.5 Å². The van der Waals surface area contributed by atoms with Crippen LogP contribution in [0.15, 0.2) is 102 Å². The normalized spacial score (nSPS) is 23.1. The highest BCUT2D eigenvalue weighted by atomic mass is 28.3. The Morgan fingerprint density at radius 2 is 1.82 bits per heavy atom. The van der Waals surface area contributed by atoms with Gasteiger partial charge in [-0.1, -0.05) is 67.7 Å². The zero-order valence-electron chi connectivity index (χ0n) is 32.3. The van der Waals surface area contributed by atoms with Crippen LogP contribution in [0.25, 0.3) is 16.5 Å². The maximum absolute atomic E-state index is 15.4. The molecule has 5 aromatic rings. The molecule has 2 saturated heterocycles. The van der Waals surface area contributed by atoms with Crippen LogP contribution < -0.4 is 20.4 Å². The van der Waals surface area contributed by atoms with Crippen LogP contribution in [0.2, 0.25) is 18.6 Å². The van der Waals surface area contributed by atoms with E-state index in [4.69, 9.17) is 9.47 Å². The van der Waals surface area contributed by atoms with E-state index in [9.17, 15) is 24.8 Å². The van der Waals surface area contributed by atoms with E-state index >= 15 is 4.79 Å². The van der Waals surface area contributed by atoms with Gasteiger partial charge in [0.25, 0.3) is 17.2 Å². The summed E-state index contributed by atoms with van der Waals surface area (Å²) < 4.78 is 13.9. The molecule has 4 aromatic carbocycles. The van der Waals surface area contributed by atoms with E-state index in [0.29, 0.717) is 46.6 Å². The molecule has 294 valence electrons. The van der Waals surface area contributed by atoms with Gasteiger partial charge in [0, 0.05) is 35.5 Å². The fourth-order valence-electron chi connectivity index (χ4n) is 9.66. The molecule has 3 aliphatic heterocycles. The van der Waals surface area contributed by atoms with Gasteiger partial charge in [-0.15, -0.1) is 0 Å². The number of aliphatic hydroxyl groups is 1. The first kappa shape index (κ1) is 38.2. The molecule has 14 heteroatoms. The molecule has 1 spiro atoms. The van der Waals surface area contributed by atoms with Gasteiger partial charge in [-0.05, 0) is 60.3 Å². The van der Waals surface area contributed by atoms with Crippen molar-refractivity contribution in [3.8, 4) is 11.4 Å². The number of amides is 2. The highest BCUT2D eigenvalue weighted by Crippen LogP contribution is 2.60. The number of ether oxygens (including phenoxy) is 2. The van der Waals surface area contributed by atoms with Crippen molar-refractivity contribution in [1.29, 1.82) is 0 Å². The summed E-state index contributed by atoms with van der Waals surface area (Å²) >= 11 is 0. The van der Waals surface area contributed by atoms with Crippen LogP contribution in [-0.4, -0.2) is 77.0 Å². The third-order valence-corrected chi connectivity index (χ3v) is 16.9. The lowest BCUT2D eigenvalue weighted by molar-refractivity contribution is -0.385. The zero-order valence-corrected chi connectivity index (χ0v) is 33.3. The van der Waals surface area contributed by atoms with Crippen LogP contribution in [0.4, 0.5) is 11.4 Å². The Bertz CT molecular complexity index is 2450. The Morgan fingerprint density at radius 3 is 2.56 bits per heavy atom. The minimum atomic E-state index is -2.63. The van der Waals surface area contributed by atoms with Crippen molar-refractivity contribution < 1.29 is 29.1 Å². The van der Waals surface area contributed by atoms with Crippen LogP contribution >= 0.6 is 0 Å². The van der Waals surface area contributed by atoms with E-state index in [1.54, 1.807) is 53.4 Å². The van der Waals surface area contributed by atoms with Gasteiger partial charge >= 0.3 is 0 Å². The Kier molecular flexibility index (Phi) is 9.82. The van der Waals surface area contributed by atoms with Gasteiger partial charge in [0.2, 0.25) is 5.91 Å². The number of aromatic nitrogens is 2. The summed E-state index contributed by atoms with van der Waals surface area (Å²) in [5.74, 6) is -0.317. The van der Waals surface area contributed by atoms with Gasteiger partial charge in [0.05, 0.1) is 74.8 Å². The average molecular weight is 788 g/mol. The Hall–Kier alpha value is -5.70. The van der Waals surface area contributed by atoms with Gasteiger partial charge < -0.3 is 24.4 Å². The third-order valence-electron chi connectivity index (χ3n) is 12.5. The second-order valence-corrected chi connectivity index (χ2v) is 20.6. The number of nitro benzene ring substituents is 1. The molecule has 0 saturated carbocycles.